The molecule has 1 aromatic carbocycles. The van der Waals surface area contributed by atoms with Gasteiger partial charge >= 0.3 is 6.18 Å². The van der Waals surface area contributed by atoms with Crippen molar-refractivity contribution in [3.05, 3.63) is 52.7 Å². The Kier molecular flexibility index (Phi) is 8.12. The molecule has 2 aliphatic carbocycles. The first kappa shape index (κ1) is 30.4. The Hall–Kier alpha value is -3.05. The summed E-state index contributed by atoms with van der Waals surface area (Å²) in [6.45, 7) is 1.58. The summed E-state index contributed by atoms with van der Waals surface area (Å²) in [5.74, 6) is -0.436. The first-order valence-corrected chi connectivity index (χ1v) is 14.6. The van der Waals surface area contributed by atoms with Crippen LogP contribution in [0.3, 0.4) is 0 Å². The second-order valence-corrected chi connectivity index (χ2v) is 12.2. The number of aliphatic hydroxyl groups is 1. The average Bonchev–Trinajstić information content (AvgIpc) is 3.91. The molecule has 1 aromatic heterocycles. The highest BCUT2D eigenvalue weighted by atomic mass is 35.5. The number of amides is 2. The maximum atomic E-state index is 14.1. The SMILES string of the molecule is COc1cccc(C(O)(C(=O)N(C)CC[C@H]2CC23CCN(c2ccc(C(=O)N(C)C4CC4)c(Cl)n2)CC3)C(F)(F)F)c1. The number of hydrogen-bond donors (Lipinski definition) is 1. The standard InChI is InChI=1S/C30H36ClF3N4O4/c1-36(27(40)29(41,30(32,33)34)19-5-4-6-22(17-19)42-3)14-11-20-18-28(20)12-15-38(16-13-28)24-10-9-23(25(31)35-24)26(39)37(2)21-7-8-21/h4-6,9-10,17,20-21,41H,7-8,11-16,18H2,1-3H3/t20-,29?/m0/s1. The van der Waals surface area contributed by atoms with Gasteiger partial charge in [0.15, 0.2) is 0 Å². The summed E-state index contributed by atoms with van der Waals surface area (Å²) < 4.78 is 47.3. The fourth-order valence-corrected chi connectivity index (χ4v) is 6.43. The van der Waals surface area contributed by atoms with E-state index in [0.29, 0.717) is 17.8 Å². The molecule has 8 nitrogen and oxygen atoms in total. The van der Waals surface area contributed by atoms with Crippen molar-refractivity contribution in [2.24, 2.45) is 11.3 Å². The van der Waals surface area contributed by atoms with Crippen LogP contribution in [-0.2, 0) is 10.4 Å². The lowest BCUT2D eigenvalue weighted by molar-refractivity contribution is -0.261. The maximum absolute atomic E-state index is 14.1. The lowest BCUT2D eigenvalue weighted by Crippen LogP contribution is -2.55. The molecule has 3 fully saturated rings. The maximum Gasteiger partial charge on any atom is 0.430 e. The van der Waals surface area contributed by atoms with E-state index in [1.807, 2.05) is 6.07 Å². The molecule has 12 heteroatoms. The number of piperidine rings is 1. The van der Waals surface area contributed by atoms with Crippen molar-refractivity contribution in [2.75, 3.05) is 45.7 Å². The van der Waals surface area contributed by atoms with Crippen molar-refractivity contribution in [1.29, 1.82) is 0 Å². The second-order valence-electron chi connectivity index (χ2n) is 11.9. The predicted molar refractivity (Wildman–Crippen MR) is 152 cm³/mol. The van der Waals surface area contributed by atoms with Crippen molar-refractivity contribution in [1.82, 2.24) is 14.8 Å². The molecular weight excluding hydrogens is 573 g/mol. The van der Waals surface area contributed by atoms with Crippen molar-refractivity contribution in [3.8, 4) is 5.75 Å². The zero-order valence-electron chi connectivity index (χ0n) is 24.0. The molecule has 42 heavy (non-hydrogen) atoms. The quantitative estimate of drug-likeness (QED) is 0.409. The highest BCUT2D eigenvalue weighted by molar-refractivity contribution is 6.32. The predicted octanol–water partition coefficient (Wildman–Crippen LogP) is 4.88. The van der Waals surface area contributed by atoms with E-state index in [1.165, 1.54) is 26.3 Å². The van der Waals surface area contributed by atoms with Crippen molar-refractivity contribution >= 4 is 29.2 Å². The van der Waals surface area contributed by atoms with Crippen LogP contribution in [0.15, 0.2) is 36.4 Å². The van der Waals surface area contributed by atoms with Gasteiger partial charge in [0.1, 0.15) is 16.7 Å². The highest BCUT2D eigenvalue weighted by Gasteiger charge is 2.62. The minimum atomic E-state index is -5.21. The zero-order chi connectivity index (χ0) is 30.4. The van der Waals surface area contributed by atoms with Crippen molar-refractivity contribution < 1.29 is 32.6 Å². The van der Waals surface area contributed by atoms with Crippen LogP contribution in [0.25, 0.3) is 0 Å². The highest BCUT2D eigenvalue weighted by Crippen LogP contribution is 2.61. The largest absolute Gasteiger partial charge is 0.497 e. The number of benzene rings is 1. The van der Waals surface area contributed by atoms with E-state index in [4.69, 9.17) is 16.3 Å². The molecule has 228 valence electrons. The van der Waals surface area contributed by atoms with Gasteiger partial charge in [-0.25, -0.2) is 4.98 Å². The summed E-state index contributed by atoms with van der Waals surface area (Å²) in [5, 5.41) is 10.9. The molecule has 2 amide bonds. The average molecular weight is 609 g/mol. The van der Waals surface area contributed by atoms with Crippen molar-refractivity contribution in [3.63, 3.8) is 0 Å². The number of ether oxygens (including phenoxy) is 1. The van der Waals surface area contributed by atoms with E-state index in [-0.39, 0.29) is 40.7 Å². The third-order valence-electron chi connectivity index (χ3n) is 9.29. The number of halogens is 4. The van der Waals surface area contributed by atoms with Gasteiger partial charge < -0.3 is 24.5 Å². The Morgan fingerprint density at radius 3 is 2.45 bits per heavy atom. The summed E-state index contributed by atoms with van der Waals surface area (Å²) in [6.07, 6.45) is 0.0578. The zero-order valence-corrected chi connectivity index (χ0v) is 24.7. The van der Waals surface area contributed by atoms with E-state index in [9.17, 15) is 27.9 Å². The van der Waals surface area contributed by atoms with Gasteiger partial charge in [-0.1, -0.05) is 23.7 Å². The van der Waals surface area contributed by atoms with Crippen LogP contribution >= 0.6 is 11.6 Å². The van der Waals surface area contributed by atoms with Crippen LogP contribution < -0.4 is 9.64 Å². The molecule has 2 aromatic rings. The number of nitrogens with zero attached hydrogens (tertiary/aromatic N) is 4. The Labute approximate surface area is 248 Å². The molecule has 2 saturated carbocycles. The summed E-state index contributed by atoms with van der Waals surface area (Å²) in [7, 11) is 4.38. The number of likely N-dealkylation sites (N-methyl/N-ethyl adjacent to an activating group) is 1. The molecule has 2 atom stereocenters. The van der Waals surface area contributed by atoms with E-state index < -0.39 is 23.2 Å². The summed E-state index contributed by atoms with van der Waals surface area (Å²) in [4.78, 5) is 35.1. The monoisotopic (exact) mass is 608 g/mol. The summed E-state index contributed by atoms with van der Waals surface area (Å²) in [6, 6.07) is 8.70. The minimum Gasteiger partial charge on any atom is -0.497 e. The van der Waals surface area contributed by atoms with Crippen molar-refractivity contribution in [2.45, 2.75) is 56.3 Å². The topological polar surface area (TPSA) is 86.2 Å². The smallest absolute Gasteiger partial charge is 0.430 e. The lowest BCUT2D eigenvalue weighted by atomic mass is 9.89. The number of carbonyl (C=O) groups excluding carboxylic acids is 2. The van der Waals surface area contributed by atoms with E-state index in [2.05, 4.69) is 9.88 Å². The molecule has 1 N–H and O–H groups in total. The molecule has 1 aliphatic heterocycles. The van der Waals surface area contributed by atoms with Crippen LogP contribution in [0.4, 0.5) is 19.0 Å². The first-order chi connectivity index (χ1) is 19.8. The van der Waals surface area contributed by atoms with Gasteiger partial charge in [0, 0.05) is 45.3 Å². The fraction of sp³-hybridized carbons (Fsp3) is 0.567. The van der Waals surface area contributed by atoms with Crippen LogP contribution in [0.1, 0.15) is 54.4 Å². The number of methoxy groups -OCH3 is 1. The second kappa shape index (κ2) is 11.2. The van der Waals surface area contributed by atoms with Gasteiger partial charge in [-0.2, -0.15) is 13.2 Å². The van der Waals surface area contributed by atoms with Crippen LogP contribution in [0, 0.1) is 11.3 Å². The Morgan fingerprint density at radius 2 is 1.86 bits per heavy atom. The molecule has 0 radical (unpaired) electrons. The summed E-state index contributed by atoms with van der Waals surface area (Å²) >= 11 is 6.40. The number of anilines is 1. The fourth-order valence-electron chi connectivity index (χ4n) is 6.20. The van der Waals surface area contributed by atoms with Gasteiger partial charge in [-0.05, 0) is 74.1 Å². The van der Waals surface area contributed by atoms with E-state index >= 15 is 0 Å². The third-order valence-corrected chi connectivity index (χ3v) is 9.58. The summed E-state index contributed by atoms with van der Waals surface area (Å²) in [5.41, 5.74) is -3.78. The van der Waals surface area contributed by atoms with Gasteiger partial charge in [-0.15, -0.1) is 0 Å². The molecule has 5 rings (SSSR count). The number of pyridine rings is 1. The van der Waals surface area contributed by atoms with Crippen LogP contribution in [-0.4, -0.2) is 84.8 Å². The normalized spacial score (nSPS) is 21.0. The van der Waals surface area contributed by atoms with Gasteiger partial charge in [-0.3, -0.25) is 9.59 Å². The molecule has 2 heterocycles. The number of aromatic nitrogens is 1. The van der Waals surface area contributed by atoms with Crippen LogP contribution in [0.5, 0.6) is 5.75 Å². The molecular formula is C30H36ClF3N4O4. The van der Waals surface area contributed by atoms with E-state index in [1.54, 1.807) is 18.0 Å². The number of carbonyl (C=O) groups is 2. The number of rotatable bonds is 9. The molecule has 1 unspecified atom stereocenters. The third kappa shape index (κ3) is 5.65. The molecule has 0 bridgehead atoms. The first-order valence-electron chi connectivity index (χ1n) is 14.2. The van der Waals surface area contributed by atoms with E-state index in [0.717, 1.165) is 62.2 Å². The lowest BCUT2D eigenvalue weighted by Gasteiger charge is -2.35. The van der Waals surface area contributed by atoms with Crippen LogP contribution in [0.2, 0.25) is 5.15 Å². The Morgan fingerprint density at radius 1 is 1.17 bits per heavy atom. The Balaban J connectivity index is 1.16. The van der Waals surface area contributed by atoms with Gasteiger partial charge in [0.25, 0.3) is 17.4 Å². The van der Waals surface area contributed by atoms with Gasteiger partial charge in [0.2, 0.25) is 0 Å². The minimum absolute atomic E-state index is 0.0835. The molecule has 3 aliphatic rings. The molecule has 1 saturated heterocycles. The Bertz CT molecular complexity index is 1350. The number of hydrogen-bond acceptors (Lipinski definition) is 6. The van der Waals surface area contributed by atoms with Gasteiger partial charge in [0.05, 0.1) is 12.7 Å². The molecule has 1 spiro atoms. The number of alkyl halides is 3.